The van der Waals surface area contributed by atoms with Gasteiger partial charge in [-0.05, 0) is 25.5 Å². The highest BCUT2D eigenvalue weighted by Crippen LogP contribution is 2.28. The van der Waals surface area contributed by atoms with Gasteiger partial charge < -0.3 is 10.6 Å². The monoisotopic (exact) mass is 236 g/mol. The molecular formula is C14H21FN2. The number of anilines is 1. The van der Waals surface area contributed by atoms with Crippen molar-refractivity contribution < 1.29 is 4.39 Å². The fourth-order valence-electron chi connectivity index (χ4n) is 1.99. The summed E-state index contributed by atoms with van der Waals surface area (Å²) in [7, 11) is 0. The molecule has 0 spiro atoms. The fourth-order valence-corrected chi connectivity index (χ4v) is 1.99. The Labute approximate surface area is 103 Å². The molecule has 0 bridgehead atoms. The van der Waals surface area contributed by atoms with Crippen LogP contribution in [0.4, 0.5) is 10.1 Å². The lowest BCUT2D eigenvalue weighted by molar-refractivity contribution is 0.591. The van der Waals surface area contributed by atoms with Crippen LogP contribution in [0.3, 0.4) is 0 Å². The standard InChI is InChI=1S/C14H21FN2/c1-4-9-17(10-5-2)13-8-6-7-12(15)14(13)11(3)16/h4,6-8,11H,1,5,9-10,16H2,2-3H3/t11-/m1/s1. The molecule has 0 aliphatic heterocycles. The van der Waals surface area contributed by atoms with Crippen molar-refractivity contribution >= 4 is 5.69 Å². The van der Waals surface area contributed by atoms with Crippen LogP contribution >= 0.6 is 0 Å². The Balaban J connectivity index is 3.16. The Morgan fingerprint density at radius 1 is 1.53 bits per heavy atom. The summed E-state index contributed by atoms with van der Waals surface area (Å²) in [5, 5.41) is 0. The first kappa shape index (κ1) is 13.7. The third-order valence-electron chi connectivity index (χ3n) is 2.67. The predicted octanol–water partition coefficient (Wildman–Crippen LogP) is 3.25. The van der Waals surface area contributed by atoms with Crippen molar-refractivity contribution in [2.24, 2.45) is 5.73 Å². The van der Waals surface area contributed by atoms with Gasteiger partial charge in [-0.3, -0.25) is 0 Å². The zero-order valence-corrected chi connectivity index (χ0v) is 10.6. The minimum absolute atomic E-state index is 0.234. The highest BCUT2D eigenvalue weighted by molar-refractivity contribution is 5.55. The number of halogens is 1. The first-order valence-electron chi connectivity index (χ1n) is 6.01. The largest absolute Gasteiger partial charge is 0.367 e. The summed E-state index contributed by atoms with van der Waals surface area (Å²) in [4.78, 5) is 2.11. The molecule has 3 heteroatoms. The lowest BCUT2D eigenvalue weighted by atomic mass is 10.0. The summed E-state index contributed by atoms with van der Waals surface area (Å²) in [6.07, 6.45) is 2.83. The molecule has 0 fully saturated rings. The first-order chi connectivity index (χ1) is 8.11. The molecule has 1 rings (SSSR count). The van der Waals surface area contributed by atoms with Gasteiger partial charge in [0.05, 0.1) is 0 Å². The Bertz CT molecular complexity index is 374. The SMILES string of the molecule is C=CCN(CCC)c1cccc(F)c1[C@@H](C)N. The molecule has 0 saturated carbocycles. The maximum absolute atomic E-state index is 13.8. The molecule has 1 aromatic rings. The van der Waals surface area contributed by atoms with Crippen LogP contribution in [-0.4, -0.2) is 13.1 Å². The fraction of sp³-hybridized carbons (Fsp3) is 0.429. The van der Waals surface area contributed by atoms with Crippen molar-refractivity contribution in [3.05, 3.63) is 42.2 Å². The average molecular weight is 236 g/mol. The maximum atomic E-state index is 13.8. The van der Waals surface area contributed by atoms with Crippen LogP contribution in [0.1, 0.15) is 31.9 Å². The minimum Gasteiger partial charge on any atom is -0.367 e. The average Bonchev–Trinajstić information content (AvgIpc) is 2.28. The smallest absolute Gasteiger partial charge is 0.130 e. The molecule has 1 aromatic carbocycles. The summed E-state index contributed by atoms with van der Waals surface area (Å²) in [6.45, 7) is 9.22. The summed E-state index contributed by atoms with van der Waals surface area (Å²) in [5.41, 5.74) is 7.32. The second-order valence-corrected chi connectivity index (χ2v) is 4.20. The number of nitrogens with zero attached hydrogens (tertiary/aromatic N) is 1. The highest BCUT2D eigenvalue weighted by atomic mass is 19.1. The quantitative estimate of drug-likeness (QED) is 0.768. The van der Waals surface area contributed by atoms with Gasteiger partial charge in [0.25, 0.3) is 0 Å². The number of benzene rings is 1. The summed E-state index contributed by atoms with van der Waals surface area (Å²) < 4.78 is 13.8. The highest BCUT2D eigenvalue weighted by Gasteiger charge is 2.16. The van der Waals surface area contributed by atoms with Crippen LogP contribution in [0.25, 0.3) is 0 Å². The molecule has 0 aromatic heterocycles. The normalized spacial score (nSPS) is 12.2. The molecule has 2 nitrogen and oxygen atoms in total. The second kappa shape index (κ2) is 6.40. The summed E-state index contributed by atoms with van der Waals surface area (Å²) >= 11 is 0. The van der Waals surface area contributed by atoms with Crippen molar-refractivity contribution in [1.82, 2.24) is 0 Å². The molecule has 94 valence electrons. The van der Waals surface area contributed by atoms with Gasteiger partial charge in [0.2, 0.25) is 0 Å². The third-order valence-corrected chi connectivity index (χ3v) is 2.67. The van der Waals surface area contributed by atoms with Crippen LogP contribution in [0, 0.1) is 5.82 Å². The van der Waals surface area contributed by atoms with E-state index in [2.05, 4.69) is 18.4 Å². The minimum atomic E-state index is -0.310. The van der Waals surface area contributed by atoms with E-state index in [0.29, 0.717) is 12.1 Å². The number of hydrogen-bond acceptors (Lipinski definition) is 2. The van der Waals surface area contributed by atoms with E-state index in [1.54, 1.807) is 13.0 Å². The zero-order valence-electron chi connectivity index (χ0n) is 10.6. The molecule has 0 aliphatic carbocycles. The maximum Gasteiger partial charge on any atom is 0.130 e. The van der Waals surface area contributed by atoms with Gasteiger partial charge in [0, 0.05) is 30.4 Å². The molecule has 1 atom stereocenters. The van der Waals surface area contributed by atoms with E-state index in [0.717, 1.165) is 18.7 Å². The Hall–Kier alpha value is -1.35. The van der Waals surface area contributed by atoms with E-state index in [1.165, 1.54) is 6.07 Å². The third kappa shape index (κ3) is 3.30. The molecule has 0 amide bonds. The zero-order chi connectivity index (χ0) is 12.8. The molecule has 2 N–H and O–H groups in total. The molecule has 0 aliphatic rings. The van der Waals surface area contributed by atoms with Crippen LogP contribution in [-0.2, 0) is 0 Å². The van der Waals surface area contributed by atoms with E-state index in [4.69, 9.17) is 5.73 Å². The molecule has 17 heavy (non-hydrogen) atoms. The number of hydrogen-bond donors (Lipinski definition) is 1. The lowest BCUT2D eigenvalue weighted by Gasteiger charge is -2.27. The van der Waals surface area contributed by atoms with Crippen molar-refractivity contribution in [3.8, 4) is 0 Å². The van der Waals surface area contributed by atoms with Crippen molar-refractivity contribution in [2.45, 2.75) is 26.3 Å². The van der Waals surface area contributed by atoms with Gasteiger partial charge in [0.15, 0.2) is 0 Å². The van der Waals surface area contributed by atoms with Gasteiger partial charge >= 0.3 is 0 Å². The number of nitrogens with two attached hydrogens (primary N) is 1. The van der Waals surface area contributed by atoms with Gasteiger partial charge in [-0.1, -0.05) is 19.1 Å². The Kier molecular flexibility index (Phi) is 5.16. The van der Waals surface area contributed by atoms with Crippen LogP contribution in [0.15, 0.2) is 30.9 Å². The summed E-state index contributed by atoms with van der Waals surface area (Å²) in [6, 6.07) is 4.79. The van der Waals surface area contributed by atoms with Crippen LogP contribution in [0.2, 0.25) is 0 Å². The first-order valence-corrected chi connectivity index (χ1v) is 6.01. The predicted molar refractivity (Wildman–Crippen MR) is 71.7 cm³/mol. The topological polar surface area (TPSA) is 29.3 Å². The molecular weight excluding hydrogens is 215 g/mol. The van der Waals surface area contributed by atoms with E-state index < -0.39 is 0 Å². The van der Waals surface area contributed by atoms with Gasteiger partial charge in [-0.2, -0.15) is 0 Å². The van der Waals surface area contributed by atoms with Crippen LogP contribution in [0.5, 0.6) is 0 Å². The Morgan fingerprint density at radius 2 is 2.24 bits per heavy atom. The molecule has 0 unspecified atom stereocenters. The molecule has 0 radical (unpaired) electrons. The summed E-state index contributed by atoms with van der Waals surface area (Å²) in [5.74, 6) is -0.234. The van der Waals surface area contributed by atoms with Crippen LogP contribution < -0.4 is 10.6 Å². The van der Waals surface area contributed by atoms with Gasteiger partial charge in [0.1, 0.15) is 5.82 Å². The van der Waals surface area contributed by atoms with E-state index in [9.17, 15) is 4.39 Å². The van der Waals surface area contributed by atoms with Crippen molar-refractivity contribution in [3.63, 3.8) is 0 Å². The van der Waals surface area contributed by atoms with Gasteiger partial charge in [-0.15, -0.1) is 6.58 Å². The van der Waals surface area contributed by atoms with E-state index >= 15 is 0 Å². The molecule has 0 heterocycles. The van der Waals surface area contributed by atoms with E-state index in [1.807, 2.05) is 12.1 Å². The van der Waals surface area contributed by atoms with Crippen molar-refractivity contribution in [2.75, 3.05) is 18.0 Å². The Morgan fingerprint density at radius 3 is 2.76 bits per heavy atom. The van der Waals surface area contributed by atoms with Crippen molar-refractivity contribution in [1.29, 1.82) is 0 Å². The second-order valence-electron chi connectivity index (χ2n) is 4.20. The lowest BCUT2D eigenvalue weighted by Crippen LogP contribution is -2.26. The van der Waals surface area contributed by atoms with E-state index in [-0.39, 0.29) is 11.9 Å². The number of rotatable bonds is 6. The molecule has 0 saturated heterocycles. The van der Waals surface area contributed by atoms with Gasteiger partial charge in [-0.25, -0.2) is 4.39 Å².